The first kappa shape index (κ1) is 53.8. The SMILES string of the molecule is OCC(F)(F)F.[C-]#[N+]C1(NC(=O)c2cccc(CCl)c2)CCN(C(=O)OC(C)(C)C)CC1.[C-]#[N+]C1(NC(=O)c2cccc(COCC(F)(F)F)c2)CCN(C(=O)OC(C)(C)C)CC1. The smallest absolute Gasteiger partial charge is 0.411 e. The number of halogens is 7. The number of aliphatic hydroxyl groups is 1. The molecule has 348 valence electrons. The quantitative estimate of drug-likeness (QED) is 0.135. The Kier molecular flexibility index (Phi) is 19.5. The monoisotopic (exact) mass is 918 g/mol. The van der Waals surface area contributed by atoms with Crippen molar-refractivity contribution >= 4 is 35.6 Å². The number of piperidine rings is 2. The summed E-state index contributed by atoms with van der Waals surface area (Å²) in [7, 11) is 0. The first-order chi connectivity index (χ1) is 29.1. The number of carbonyl (C=O) groups is 4. The number of alkyl halides is 7. The molecule has 63 heavy (non-hydrogen) atoms. The number of nitrogens with one attached hydrogen (secondary N) is 2. The van der Waals surface area contributed by atoms with Gasteiger partial charge in [0.1, 0.15) is 24.4 Å². The number of ether oxygens (including phenoxy) is 3. The van der Waals surface area contributed by atoms with Gasteiger partial charge in [0.05, 0.1) is 32.3 Å². The lowest BCUT2D eigenvalue weighted by Crippen LogP contribution is -2.54. The Morgan fingerprint density at radius 2 is 1.06 bits per heavy atom. The van der Waals surface area contributed by atoms with Crippen LogP contribution in [0.5, 0.6) is 0 Å². The molecule has 3 N–H and O–H groups in total. The van der Waals surface area contributed by atoms with Gasteiger partial charge in [-0.1, -0.05) is 24.3 Å². The third kappa shape index (κ3) is 19.7. The number of likely N-dealkylation sites (tertiary alicyclic amines) is 2. The van der Waals surface area contributed by atoms with E-state index in [0.29, 0.717) is 42.9 Å². The van der Waals surface area contributed by atoms with Crippen molar-refractivity contribution < 1.29 is 64.8 Å². The van der Waals surface area contributed by atoms with Crippen molar-refractivity contribution in [2.75, 3.05) is 39.4 Å². The third-order valence-corrected chi connectivity index (χ3v) is 9.16. The Morgan fingerprint density at radius 3 is 1.38 bits per heavy atom. The average Bonchev–Trinajstić information content (AvgIpc) is 3.20. The van der Waals surface area contributed by atoms with E-state index < -0.39 is 66.2 Å². The lowest BCUT2D eigenvalue weighted by atomic mass is 9.97. The number of aliphatic hydroxyl groups excluding tert-OH is 1. The molecule has 0 radical (unpaired) electrons. The Morgan fingerprint density at radius 1 is 0.698 bits per heavy atom. The molecule has 2 fully saturated rings. The van der Waals surface area contributed by atoms with E-state index in [4.69, 9.17) is 39.3 Å². The summed E-state index contributed by atoms with van der Waals surface area (Å²) >= 11 is 5.81. The van der Waals surface area contributed by atoms with Crippen molar-refractivity contribution in [3.63, 3.8) is 0 Å². The van der Waals surface area contributed by atoms with E-state index >= 15 is 0 Å². The Bertz CT molecular complexity index is 1940. The number of nitrogens with zero attached hydrogens (tertiary/aromatic N) is 4. The first-order valence-electron chi connectivity index (χ1n) is 19.5. The molecule has 0 bridgehead atoms. The fourth-order valence-electron chi connectivity index (χ4n) is 5.75. The summed E-state index contributed by atoms with van der Waals surface area (Å²) in [5.74, 6) is -0.502. The van der Waals surface area contributed by atoms with Crippen LogP contribution in [0.4, 0.5) is 35.9 Å². The zero-order valence-corrected chi connectivity index (χ0v) is 36.6. The molecule has 4 amide bonds. The normalized spacial score (nSPS) is 16.0. The standard InChI is InChI=1S/C21H26F3N3O4.C19H24ClN3O3.C2H3F3O/c1-19(2,3)31-18(29)27-10-8-20(25-4,9-11-27)26-17(28)16-7-5-6-15(12-16)13-30-14-21(22,23)24;1-18(2,3)26-17(25)23-10-8-19(21-4,9-11-23)22-16(24)15-7-5-6-14(12-15)13-20;3-2(4,5)1-6/h5-7,12H,8-11,13-14H2,1-3H3,(H,26,28);5-7,12H,8-11,13H2,1-3H3,(H,22,24);6H,1H2. The second-order valence-electron chi connectivity index (χ2n) is 16.5. The maximum absolute atomic E-state index is 12.7. The van der Waals surface area contributed by atoms with Crippen LogP contribution in [-0.2, 0) is 26.7 Å². The van der Waals surface area contributed by atoms with Crippen molar-refractivity contribution in [1.82, 2.24) is 20.4 Å². The Hall–Kier alpha value is -5.31. The van der Waals surface area contributed by atoms with Crippen molar-refractivity contribution in [2.45, 2.75) is 115 Å². The molecular weight excluding hydrogens is 866 g/mol. The minimum absolute atomic E-state index is 0.214. The molecule has 14 nitrogen and oxygen atoms in total. The van der Waals surface area contributed by atoms with E-state index in [9.17, 15) is 45.5 Å². The molecule has 0 aliphatic carbocycles. The lowest BCUT2D eigenvalue weighted by Gasteiger charge is -2.35. The highest BCUT2D eigenvalue weighted by atomic mass is 35.5. The molecule has 0 aromatic heterocycles. The lowest BCUT2D eigenvalue weighted by molar-refractivity contribution is -0.176. The van der Waals surface area contributed by atoms with Gasteiger partial charge in [0.25, 0.3) is 11.8 Å². The highest BCUT2D eigenvalue weighted by molar-refractivity contribution is 6.17. The van der Waals surface area contributed by atoms with Gasteiger partial charge in [-0.25, -0.2) is 22.7 Å². The van der Waals surface area contributed by atoms with Crippen molar-refractivity contribution in [2.24, 2.45) is 0 Å². The minimum atomic E-state index is -4.43. The predicted molar refractivity (Wildman–Crippen MR) is 219 cm³/mol. The number of hydrogen-bond acceptors (Lipinski definition) is 8. The number of hydrogen-bond donors (Lipinski definition) is 3. The van der Waals surface area contributed by atoms with Crippen LogP contribution in [0, 0.1) is 13.1 Å². The Balaban J connectivity index is 0.000000388. The summed E-state index contributed by atoms with van der Waals surface area (Å²) in [6.45, 7) is 23.7. The molecule has 2 aromatic rings. The van der Waals surface area contributed by atoms with E-state index in [-0.39, 0.29) is 44.0 Å². The number of carbonyl (C=O) groups excluding carboxylic acids is 4. The summed E-state index contributed by atoms with van der Waals surface area (Å²) in [6.07, 6.45) is -8.51. The second kappa shape index (κ2) is 22.9. The third-order valence-electron chi connectivity index (χ3n) is 8.85. The van der Waals surface area contributed by atoms with E-state index in [1.807, 2.05) is 26.8 Å². The average molecular weight is 919 g/mol. The van der Waals surface area contributed by atoms with Gasteiger partial charge in [0, 0.05) is 43.2 Å². The highest BCUT2D eigenvalue weighted by Gasteiger charge is 2.45. The van der Waals surface area contributed by atoms with Crippen LogP contribution in [0.25, 0.3) is 9.69 Å². The fraction of sp³-hybridized carbons (Fsp3) is 0.571. The molecule has 2 aliphatic heterocycles. The van der Waals surface area contributed by atoms with Crippen molar-refractivity contribution in [1.29, 1.82) is 0 Å². The van der Waals surface area contributed by atoms with E-state index in [0.717, 1.165) is 5.56 Å². The molecule has 4 rings (SSSR count). The molecule has 2 saturated heterocycles. The van der Waals surface area contributed by atoms with Crippen LogP contribution in [0.1, 0.15) is 99.1 Å². The van der Waals surface area contributed by atoms with Gasteiger partial charge < -0.3 is 29.1 Å². The summed E-state index contributed by atoms with van der Waals surface area (Å²) < 4.78 is 83.6. The van der Waals surface area contributed by atoms with Crippen LogP contribution >= 0.6 is 11.6 Å². The Labute approximate surface area is 367 Å². The molecule has 0 atom stereocenters. The predicted octanol–water partition coefficient (Wildman–Crippen LogP) is 8.48. The van der Waals surface area contributed by atoms with Crippen LogP contribution in [-0.4, -0.2) is 113 Å². The zero-order valence-electron chi connectivity index (χ0n) is 35.8. The van der Waals surface area contributed by atoms with E-state index in [1.165, 1.54) is 23.1 Å². The van der Waals surface area contributed by atoms with Crippen LogP contribution in [0.3, 0.4) is 0 Å². The minimum Gasteiger partial charge on any atom is -0.444 e. The van der Waals surface area contributed by atoms with Gasteiger partial charge >= 0.3 is 35.9 Å². The molecule has 2 aliphatic rings. The largest absolute Gasteiger partial charge is 0.444 e. The summed E-state index contributed by atoms with van der Waals surface area (Å²) in [5.41, 5.74) is -1.43. The highest BCUT2D eigenvalue weighted by Crippen LogP contribution is 2.28. The van der Waals surface area contributed by atoms with Gasteiger partial charge in [-0.05, 0) is 76.9 Å². The molecule has 2 aromatic carbocycles. The van der Waals surface area contributed by atoms with Gasteiger partial charge in [0.15, 0.2) is 0 Å². The first-order valence-corrected chi connectivity index (χ1v) is 20.0. The summed E-state index contributed by atoms with van der Waals surface area (Å²) in [4.78, 5) is 59.9. The zero-order chi connectivity index (χ0) is 47.9. The molecular formula is C42H53ClF6N6O8. The van der Waals surface area contributed by atoms with Crippen LogP contribution < -0.4 is 10.6 Å². The maximum atomic E-state index is 12.7. The maximum Gasteiger partial charge on any atom is 0.411 e. The number of benzene rings is 2. The topological polar surface area (TPSA) is 155 Å². The fourth-order valence-corrected chi connectivity index (χ4v) is 5.92. The molecule has 0 saturated carbocycles. The van der Waals surface area contributed by atoms with Crippen LogP contribution in [0.15, 0.2) is 48.5 Å². The second-order valence-corrected chi connectivity index (χ2v) is 16.8. The number of rotatable bonds is 8. The molecule has 2 heterocycles. The molecule has 0 unspecified atom stereocenters. The van der Waals surface area contributed by atoms with Gasteiger partial charge in [-0.2, -0.15) is 26.3 Å². The molecule has 0 spiro atoms. The van der Waals surface area contributed by atoms with Gasteiger partial charge in [0.2, 0.25) is 0 Å². The van der Waals surface area contributed by atoms with E-state index in [1.54, 1.807) is 49.9 Å². The number of amides is 4. The van der Waals surface area contributed by atoms with Gasteiger partial charge in [-0.3, -0.25) is 29.9 Å². The van der Waals surface area contributed by atoms with Crippen LogP contribution in [0.2, 0.25) is 0 Å². The van der Waals surface area contributed by atoms with Crippen molar-refractivity contribution in [3.8, 4) is 0 Å². The summed E-state index contributed by atoms with van der Waals surface area (Å²) in [6, 6.07) is 13.0. The van der Waals surface area contributed by atoms with Gasteiger partial charge in [-0.15, -0.1) is 11.6 Å². The molecule has 21 heteroatoms. The van der Waals surface area contributed by atoms with E-state index in [2.05, 4.69) is 25.1 Å². The summed E-state index contributed by atoms with van der Waals surface area (Å²) in [5, 5.41) is 12.8. The van der Waals surface area contributed by atoms with Crippen molar-refractivity contribution in [3.05, 3.63) is 93.6 Å².